The van der Waals surface area contributed by atoms with E-state index in [-0.39, 0.29) is 12.4 Å². The van der Waals surface area contributed by atoms with Crippen molar-refractivity contribution in [2.24, 2.45) is 0 Å². The number of thiazole rings is 1. The zero-order valence-corrected chi connectivity index (χ0v) is 16.8. The lowest BCUT2D eigenvalue weighted by molar-refractivity contribution is 0.0140. The van der Waals surface area contributed by atoms with E-state index in [2.05, 4.69) is 14.5 Å². The molecule has 1 unspecified atom stereocenters. The number of carbonyl (C=O) groups is 2. The predicted molar refractivity (Wildman–Crippen MR) is 102 cm³/mol. The van der Waals surface area contributed by atoms with Gasteiger partial charge in [-0.05, 0) is 37.5 Å². The zero-order chi connectivity index (χ0) is 20.0. The van der Waals surface area contributed by atoms with Crippen molar-refractivity contribution in [3.63, 3.8) is 0 Å². The van der Waals surface area contributed by atoms with E-state index in [1.165, 1.54) is 23.1 Å². The van der Waals surface area contributed by atoms with Crippen LogP contribution in [0.5, 0.6) is 5.75 Å². The second kappa shape index (κ2) is 9.65. The Bertz CT molecular complexity index is 821. The van der Waals surface area contributed by atoms with E-state index < -0.39 is 18.4 Å². The van der Waals surface area contributed by atoms with E-state index in [9.17, 15) is 9.59 Å². The third-order valence-corrected chi connectivity index (χ3v) is 5.99. The van der Waals surface area contributed by atoms with Crippen molar-refractivity contribution >= 4 is 45.6 Å². The SMILES string of the molecule is CCCOc1cc(C)c(C)c2nc(SCC(COC(=O)O)OC(=O)O)sc12. The highest BCUT2D eigenvalue weighted by Crippen LogP contribution is 2.39. The highest BCUT2D eigenvalue weighted by atomic mass is 32.2. The highest BCUT2D eigenvalue weighted by Gasteiger charge is 2.19. The molecule has 0 aliphatic carbocycles. The van der Waals surface area contributed by atoms with Gasteiger partial charge in [-0.3, -0.25) is 0 Å². The van der Waals surface area contributed by atoms with Crippen LogP contribution >= 0.6 is 23.1 Å². The van der Waals surface area contributed by atoms with Crippen LogP contribution in [-0.4, -0.2) is 52.6 Å². The van der Waals surface area contributed by atoms with Crippen LogP contribution in [0, 0.1) is 13.8 Å². The maximum absolute atomic E-state index is 10.8. The molecule has 0 fully saturated rings. The molecular weight excluding hydrogens is 394 g/mol. The molecule has 0 aliphatic rings. The van der Waals surface area contributed by atoms with Gasteiger partial charge in [0, 0.05) is 5.75 Å². The van der Waals surface area contributed by atoms with Crippen molar-refractivity contribution in [3.05, 3.63) is 17.2 Å². The number of nitrogens with zero attached hydrogens (tertiary/aromatic N) is 1. The number of ether oxygens (including phenoxy) is 3. The van der Waals surface area contributed by atoms with Gasteiger partial charge in [0.25, 0.3) is 0 Å². The van der Waals surface area contributed by atoms with Crippen LogP contribution in [0.4, 0.5) is 9.59 Å². The highest BCUT2D eigenvalue weighted by molar-refractivity contribution is 8.01. The van der Waals surface area contributed by atoms with Crippen LogP contribution in [0.2, 0.25) is 0 Å². The molecule has 1 atom stereocenters. The molecule has 0 bridgehead atoms. The summed E-state index contributed by atoms with van der Waals surface area (Å²) in [6.45, 7) is 6.27. The summed E-state index contributed by atoms with van der Waals surface area (Å²) >= 11 is 2.73. The molecule has 2 aromatic rings. The average Bonchev–Trinajstić information content (AvgIpc) is 3.03. The van der Waals surface area contributed by atoms with Crippen molar-refractivity contribution in [3.8, 4) is 5.75 Å². The summed E-state index contributed by atoms with van der Waals surface area (Å²) in [6, 6.07) is 2.00. The Morgan fingerprint density at radius 2 is 2.04 bits per heavy atom. The summed E-state index contributed by atoms with van der Waals surface area (Å²) < 4.78 is 16.6. The van der Waals surface area contributed by atoms with E-state index in [0.717, 1.165) is 37.9 Å². The minimum absolute atomic E-state index is 0.183. The van der Waals surface area contributed by atoms with Crippen LogP contribution in [0.3, 0.4) is 0 Å². The Labute approximate surface area is 164 Å². The molecule has 10 heteroatoms. The molecule has 1 aromatic carbocycles. The van der Waals surface area contributed by atoms with Gasteiger partial charge in [0.15, 0.2) is 4.34 Å². The van der Waals surface area contributed by atoms with E-state index in [1.807, 2.05) is 26.8 Å². The van der Waals surface area contributed by atoms with Crippen molar-refractivity contribution in [1.82, 2.24) is 4.98 Å². The number of aromatic nitrogens is 1. The Balaban J connectivity index is 2.18. The smallest absolute Gasteiger partial charge is 0.492 e. The fraction of sp³-hybridized carbons (Fsp3) is 0.471. The number of fused-ring (bicyclic) bond motifs is 1. The molecule has 1 heterocycles. The Kier molecular flexibility index (Phi) is 7.55. The molecular formula is C17H21NO7S2. The van der Waals surface area contributed by atoms with Crippen molar-refractivity contribution in [1.29, 1.82) is 0 Å². The van der Waals surface area contributed by atoms with Crippen LogP contribution in [0.15, 0.2) is 10.4 Å². The molecule has 0 saturated heterocycles. The molecule has 1 aromatic heterocycles. The van der Waals surface area contributed by atoms with E-state index in [1.54, 1.807) is 0 Å². The molecule has 148 valence electrons. The molecule has 2 rings (SSSR count). The number of rotatable bonds is 9. The van der Waals surface area contributed by atoms with Gasteiger partial charge in [0.1, 0.15) is 18.5 Å². The summed E-state index contributed by atoms with van der Waals surface area (Å²) in [5, 5.41) is 17.4. The molecule has 0 radical (unpaired) electrons. The van der Waals surface area contributed by atoms with Gasteiger partial charge < -0.3 is 24.4 Å². The number of thioether (sulfide) groups is 1. The topological polar surface area (TPSA) is 115 Å². The fourth-order valence-electron chi connectivity index (χ4n) is 2.25. The predicted octanol–water partition coefficient (Wildman–Crippen LogP) is 4.55. The molecule has 0 saturated carbocycles. The second-order valence-corrected chi connectivity index (χ2v) is 7.98. The van der Waals surface area contributed by atoms with Crippen LogP contribution in [0.25, 0.3) is 10.2 Å². The molecule has 0 amide bonds. The van der Waals surface area contributed by atoms with Crippen molar-refractivity contribution in [2.45, 2.75) is 37.6 Å². The van der Waals surface area contributed by atoms with Gasteiger partial charge in [-0.1, -0.05) is 18.7 Å². The average molecular weight is 415 g/mol. The first-order valence-corrected chi connectivity index (χ1v) is 10.0. The number of aryl methyl sites for hydroxylation is 2. The van der Waals surface area contributed by atoms with Gasteiger partial charge in [-0.15, -0.1) is 11.3 Å². The summed E-state index contributed by atoms with van der Waals surface area (Å²) in [6.07, 6.45) is -3.00. The first kappa shape index (κ1) is 21.1. The van der Waals surface area contributed by atoms with Crippen LogP contribution in [0.1, 0.15) is 24.5 Å². The van der Waals surface area contributed by atoms with Crippen LogP contribution in [-0.2, 0) is 9.47 Å². The first-order valence-electron chi connectivity index (χ1n) is 8.23. The van der Waals surface area contributed by atoms with E-state index >= 15 is 0 Å². The largest absolute Gasteiger partial charge is 0.506 e. The standard InChI is InChI=1S/C17H21NO7S2/c1-4-5-23-12-6-9(2)10(3)13-14(12)27-15(18-13)26-8-11(25-17(21)22)7-24-16(19)20/h6,11H,4-5,7-8H2,1-3H3,(H,19,20)(H,21,22). The third kappa shape index (κ3) is 5.90. The monoisotopic (exact) mass is 415 g/mol. The lowest BCUT2D eigenvalue weighted by atomic mass is 10.1. The Hall–Kier alpha value is -2.20. The summed E-state index contributed by atoms with van der Waals surface area (Å²) in [4.78, 5) is 25.9. The van der Waals surface area contributed by atoms with Crippen LogP contribution < -0.4 is 4.74 Å². The summed E-state index contributed by atoms with van der Waals surface area (Å²) in [5.41, 5.74) is 2.99. The minimum atomic E-state index is -1.49. The first-order chi connectivity index (χ1) is 12.8. The lowest BCUT2D eigenvalue weighted by Crippen LogP contribution is -2.26. The van der Waals surface area contributed by atoms with E-state index in [0.29, 0.717) is 6.61 Å². The quantitative estimate of drug-likeness (QED) is 0.449. The number of benzene rings is 1. The normalized spacial score (nSPS) is 12.0. The molecule has 0 spiro atoms. The fourth-order valence-corrected chi connectivity index (χ4v) is 4.41. The number of hydrogen-bond acceptors (Lipinski definition) is 8. The molecule has 0 aliphatic heterocycles. The maximum atomic E-state index is 10.8. The summed E-state index contributed by atoms with van der Waals surface area (Å²) in [7, 11) is 0. The van der Waals surface area contributed by atoms with Gasteiger partial charge >= 0.3 is 12.3 Å². The van der Waals surface area contributed by atoms with Crippen molar-refractivity contribution < 1.29 is 34.0 Å². The Morgan fingerprint density at radius 3 is 2.67 bits per heavy atom. The lowest BCUT2D eigenvalue weighted by Gasteiger charge is -2.13. The third-order valence-electron chi connectivity index (χ3n) is 3.64. The molecule has 27 heavy (non-hydrogen) atoms. The summed E-state index contributed by atoms with van der Waals surface area (Å²) in [5.74, 6) is 0.967. The Morgan fingerprint density at radius 1 is 1.30 bits per heavy atom. The van der Waals surface area contributed by atoms with Crippen molar-refractivity contribution in [2.75, 3.05) is 19.0 Å². The maximum Gasteiger partial charge on any atom is 0.506 e. The minimum Gasteiger partial charge on any atom is -0.492 e. The number of hydrogen-bond donors (Lipinski definition) is 2. The van der Waals surface area contributed by atoms with E-state index in [4.69, 9.17) is 14.9 Å². The second-order valence-electron chi connectivity index (χ2n) is 5.72. The molecule has 2 N–H and O–H groups in total. The molecule has 8 nitrogen and oxygen atoms in total. The van der Waals surface area contributed by atoms with Gasteiger partial charge in [-0.25, -0.2) is 14.6 Å². The zero-order valence-electron chi connectivity index (χ0n) is 15.2. The van der Waals surface area contributed by atoms with Gasteiger partial charge in [0.2, 0.25) is 0 Å². The van der Waals surface area contributed by atoms with Gasteiger partial charge in [0.05, 0.1) is 16.8 Å². The van der Waals surface area contributed by atoms with Gasteiger partial charge in [-0.2, -0.15) is 0 Å². The number of carboxylic acid groups (broad SMARTS) is 2.